The highest BCUT2D eigenvalue weighted by Gasteiger charge is 2.30. The third kappa shape index (κ3) is 2.19. The van der Waals surface area contributed by atoms with Crippen molar-refractivity contribution in [3.05, 3.63) is 28.5 Å². The van der Waals surface area contributed by atoms with Crippen LogP contribution in [0.15, 0.2) is 18.2 Å². The quantitative estimate of drug-likeness (QED) is 0.854. The Kier molecular flexibility index (Phi) is 3.15. The number of imidazole rings is 1. The number of nitrogens with zero attached hydrogens (tertiary/aromatic N) is 2. The number of thioether (sulfide) groups is 1. The molecule has 1 aliphatic heterocycles. The van der Waals surface area contributed by atoms with Gasteiger partial charge in [-0.05, 0) is 49.9 Å². The topological polar surface area (TPSA) is 44.5 Å². The van der Waals surface area contributed by atoms with Crippen molar-refractivity contribution in [1.82, 2.24) is 9.55 Å². The van der Waals surface area contributed by atoms with Crippen LogP contribution in [0, 0.1) is 16.1 Å². The number of hydrogen-bond acceptors (Lipinski definition) is 3. The second-order valence-corrected chi connectivity index (χ2v) is 7.30. The van der Waals surface area contributed by atoms with Crippen molar-refractivity contribution in [3.8, 4) is 6.07 Å². The Morgan fingerprint density at radius 1 is 1.58 bits per heavy atom. The number of H-pyrrole nitrogens is 1. The van der Waals surface area contributed by atoms with E-state index < -0.39 is 0 Å². The summed E-state index contributed by atoms with van der Waals surface area (Å²) in [6, 6.07) is 7.99. The average molecular weight is 289 g/mol. The lowest BCUT2D eigenvalue weighted by atomic mass is 10.1. The Balaban J connectivity index is 2.12. The summed E-state index contributed by atoms with van der Waals surface area (Å²) in [7, 11) is 0. The van der Waals surface area contributed by atoms with E-state index in [4.69, 9.17) is 17.5 Å². The normalized spacial score (nSPS) is 22.7. The first-order chi connectivity index (χ1) is 9.13. The molecule has 1 N–H and O–H groups in total. The second-order valence-electron chi connectivity index (χ2n) is 5.23. The second kappa shape index (κ2) is 4.69. The van der Waals surface area contributed by atoms with Crippen molar-refractivity contribution in [2.75, 3.05) is 5.75 Å². The molecule has 1 fully saturated rings. The number of nitrogens with one attached hydrogen (secondary N) is 1. The molecule has 0 amide bonds. The maximum atomic E-state index is 9.15. The largest absolute Gasteiger partial charge is 0.329 e. The van der Waals surface area contributed by atoms with E-state index in [0.29, 0.717) is 10.3 Å². The minimum atomic E-state index is 0.260. The van der Waals surface area contributed by atoms with E-state index in [2.05, 4.69) is 22.5 Å². The van der Waals surface area contributed by atoms with Gasteiger partial charge >= 0.3 is 0 Å². The minimum Gasteiger partial charge on any atom is -0.329 e. The number of benzene rings is 1. The molecule has 2 heterocycles. The zero-order valence-electron chi connectivity index (χ0n) is 10.8. The van der Waals surface area contributed by atoms with Crippen LogP contribution in [0.1, 0.15) is 25.3 Å². The molecule has 1 aliphatic rings. The predicted octanol–water partition coefficient (Wildman–Crippen LogP) is 3.86. The third-order valence-corrected chi connectivity index (χ3v) is 5.57. The van der Waals surface area contributed by atoms with Gasteiger partial charge in [-0.25, -0.2) is 0 Å². The number of rotatable bonds is 2. The van der Waals surface area contributed by atoms with E-state index in [9.17, 15) is 0 Å². The van der Waals surface area contributed by atoms with Crippen molar-refractivity contribution in [2.24, 2.45) is 0 Å². The van der Waals surface area contributed by atoms with Crippen LogP contribution in [0.3, 0.4) is 0 Å². The van der Waals surface area contributed by atoms with Crippen molar-refractivity contribution in [2.45, 2.75) is 31.1 Å². The minimum absolute atomic E-state index is 0.260. The average Bonchev–Trinajstić information content (AvgIpc) is 2.95. The van der Waals surface area contributed by atoms with Gasteiger partial charge in [0.15, 0.2) is 4.77 Å². The highest BCUT2D eigenvalue weighted by molar-refractivity contribution is 8.00. The predicted molar refractivity (Wildman–Crippen MR) is 81.9 cm³/mol. The zero-order valence-corrected chi connectivity index (χ0v) is 12.4. The lowest BCUT2D eigenvalue weighted by Crippen LogP contribution is -2.23. The summed E-state index contributed by atoms with van der Waals surface area (Å²) in [4.78, 5) is 3.18. The van der Waals surface area contributed by atoms with Crippen molar-refractivity contribution < 1.29 is 0 Å². The molecule has 98 valence electrons. The first-order valence-electron chi connectivity index (χ1n) is 6.39. The summed E-state index contributed by atoms with van der Waals surface area (Å²) in [6.45, 7) is 3.21. The Bertz CT molecular complexity index is 714. The van der Waals surface area contributed by atoms with Crippen molar-refractivity contribution in [3.63, 3.8) is 0 Å². The lowest BCUT2D eigenvalue weighted by molar-refractivity contribution is 0.515. The maximum absolute atomic E-state index is 9.15. The van der Waals surface area contributed by atoms with Gasteiger partial charge in [0.2, 0.25) is 0 Å². The van der Waals surface area contributed by atoms with Crippen LogP contribution < -0.4 is 0 Å². The number of fused-ring (bicyclic) bond motifs is 1. The molecular formula is C14H15N3S2. The molecule has 0 radical (unpaired) electrons. The fourth-order valence-corrected chi connectivity index (χ4v) is 4.28. The Morgan fingerprint density at radius 2 is 2.42 bits per heavy atom. The van der Waals surface area contributed by atoms with Gasteiger partial charge < -0.3 is 9.55 Å². The van der Waals surface area contributed by atoms with Crippen LogP contribution in [0.25, 0.3) is 11.0 Å². The van der Waals surface area contributed by atoms with Crippen LogP contribution in [-0.2, 0) is 6.54 Å². The van der Waals surface area contributed by atoms with Gasteiger partial charge in [0.05, 0.1) is 16.6 Å². The molecule has 1 saturated heterocycles. The Morgan fingerprint density at radius 3 is 3.11 bits per heavy atom. The Hall–Kier alpha value is -1.25. The number of aromatic amines is 1. The zero-order chi connectivity index (χ0) is 13.5. The molecule has 0 saturated carbocycles. The molecule has 0 aliphatic carbocycles. The summed E-state index contributed by atoms with van der Waals surface area (Å²) in [5.74, 6) is 1.23. The van der Waals surface area contributed by atoms with E-state index >= 15 is 0 Å². The Labute approximate surface area is 121 Å². The standard InChI is InChI=1S/C14H15N3S2/c1-14(6-3-7-19-14)9-17-11-5-2-4-10(8-15)12(11)16-13(17)18/h2,4-5H,3,6-7,9H2,1H3,(H,16,18). The van der Waals surface area contributed by atoms with Gasteiger partial charge in [-0.2, -0.15) is 17.0 Å². The highest BCUT2D eigenvalue weighted by Crippen LogP contribution is 2.39. The summed E-state index contributed by atoms with van der Waals surface area (Å²) in [5.41, 5.74) is 2.56. The van der Waals surface area contributed by atoms with Gasteiger partial charge in [0.25, 0.3) is 0 Å². The van der Waals surface area contributed by atoms with E-state index in [0.717, 1.165) is 17.6 Å². The molecule has 1 unspecified atom stereocenters. The monoisotopic (exact) mass is 289 g/mol. The molecule has 1 atom stereocenters. The van der Waals surface area contributed by atoms with Crippen LogP contribution in [-0.4, -0.2) is 20.1 Å². The highest BCUT2D eigenvalue weighted by atomic mass is 32.2. The van der Waals surface area contributed by atoms with E-state index in [1.165, 1.54) is 18.6 Å². The molecule has 1 aromatic carbocycles. The molecule has 1 aromatic heterocycles. The van der Waals surface area contributed by atoms with E-state index in [1.54, 1.807) is 0 Å². The van der Waals surface area contributed by atoms with E-state index in [1.807, 2.05) is 30.0 Å². The molecule has 2 aromatic rings. The number of hydrogen-bond donors (Lipinski definition) is 1. The van der Waals surface area contributed by atoms with Crippen LogP contribution >= 0.6 is 24.0 Å². The first-order valence-corrected chi connectivity index (χ1v) is 7.78. The van der Waals surface area contributed by atoms with Crippen LogP contribution in [0.5, 0.6) is 0 Å². The maximum Gasteiger partial charge on any atom is 0.178 e. The SMILES string of the molecule is CC1(Cn2c(=S)[nH]c3c(C#N)cccc32)CCCS1. The first kappa shape index (κ1) is 12.8. The molecule has 3 nitrogen and oxygen atoms in total. The molecule has 0 spiro atoms. The van der Waals surface area contributed by atoms with Crippen LogP contribution in [0.2, 0.25) is 0 Å². The fraction of sp³-hybridized carbons (Fsp3) is 0.429. The fourth-order valence-electron chi connectivity index (χ4n) is 2.73. The number of nitriles is 1. The summed E-state index contributed by atoms with van der Waals surface area (Å²) in [5, 5.41) is 9.15. The summed E-state index contributed by atoms with van der Waals surface area (Å²) >= 11 is 7.46. The van der Waals surface area contributed by atoms with E-state index in [-0.39, 0.29) is 4.75 Å². The van der Waals surface area contributed by atoms with Gasteiger partial charge in [-0.15, -0.1) is 0 Å². The number of aromatic nitrogens is 2. The molecule has 5 heteroatoms. The summed E-state index contributed by atoms with van der Waals surface area (Å²) < 4.78 is 3.12. The van der Waals surface area contributed by atoms with Crippen LogP contribution in [0.4, 0.5) is 0 Å². The van der Waals surface area contributed by atoms with Gasteiger partial charge in [0, 0.05) is 11.3 Å². The van der Waals surface area contributed by atoms with Gasteiger partial charge in [-0.3, -0.25) is 0 Å². The lowest BCUT2D eigenvalue weighted by Gasteiger charge is -2.23. The molecule has 3 rings (SSSR count). The molecular weight excluding hydrogens is 274 g/mol. The third-order valence-electron chi connectivity index (χ3n) is 3.72. The van der Waals surface area contributed by atoms with Gasteiger partial charge in [0.1, 0.15) is 6.07 Å². The smallest absolute Gasteiger partial charge is 0.178 e. The number of para-hydroxylation sites is 1. The molecule has 0 bridgehead atoms. The van der Waals surface area contributed by atoms with Crippen molar-refractivity contribution in [1.29, 1.82) is 5.26 Å². The van der Waals surface area contributed by atoms with Crippen molar-refractivity contribution >= 4 is 35.0 Å². The van der Waals surface area contributed by atoms with Gasteiger partial charge in [-0.1, -0.05) is 6.07 Å². The molecule has 19 heavy (non-hydrogen) atoms. The summed E-state index contributed by atoms with van der Waals surface area (Å²) in [6.07, 6.45) is 2.50.